The van der Waals surface area contributed by atoms with Gasteiger partial charge in [0.2, 0.25) is 0 Å². The van der Waals surface area contributed by atoms with Crippen LogP contribution in [-0.2, 0) is 4.74 Å². The maximum atomic E-state index is 5.14. The van der Waals surface area contributed by atoms with Gasteiger partial charge in [0.15, 0.2) is 0 Å². The molecule has 0 aromatic heterocycles. The van der Waals surface area contributed by atoms with Crippen LogP contribution in [0.3, 0.4) is 0 Å². The zero-order valence-corrected chi connectivity index (χ0v) is 6.17. The van der Waals surface area contributed by atoms with Gasteiger partial charge >= 0.3 is 0 Å². The standard InChI is InChI=1S/C6H13OS/c1-3-4-7-5-6-8-2/h1,3-6H2,2H3. The first-order chi connectivity index (χ1) is 3.91. The number of thioether (sulfide) groups is 1. The SMILES string of the molecule is [CH2]CCOCCSC. The molecule has 0 unspecified atom stereocenters. The van der Waals surface area contributed by atoms with E-state index in [1.807, 2.05) is 0 Å². The summed E-state index contributed by atoms with van der Waals surface area (Å²) in [6.45, 7) is 5.33. The minimum absolute atomic E-state index is 0.806. The highest BCUT2D eigenvalue weighted by Crippen LogP contribution is 1.90. The lowest BCUT2D eigenvalue weighted by atomic mass is 10.5. The topological polar surface area (TPSA) is 9.23 Å². The minimum Gasteiger partial charge on any atom is -0.381 e. The van der Waals surface area contributed by atoms with E-state index in [1.165, 1.54) is 0 Å². The Hall–Kier alpha value is 0.310. The van der Waals surface area contributed by atoms with Crippen molar-refractivity contribution < 1.29 is 4.74 Å². The Labute approximate surface area is 55.8 Å². The average Bonchev–Trinajstić information content (AvgIpc) is 1.81. The second-order valence-electron chi connectivity index (χ2n) is 1.46. The first kappa shape index (κ1) is 8.31. The highest BCUT2D eigenvalue weighted by molar-refractivity contribution is 7.98. The molecule has 8 heavy (non-hydrogen) atoms. The van der Waals surface area contributed by atoms with E-state index in [0.717, 1.165) is 25.4 Å². The predicted octanol–water partition coefficient (Wildman–Crippen LogP) is 1.59. The maximum absolute atomic E-state index is 5.14. The van der Waals surface area contributed by atoms with Crippen LogP contribution in [0.2, 0.25) is 0 Å². The number of hydrogen-bond donors (Lipinski definition) is 0. The summed E-state index contributed by atoms with van der Waals surface area (Å²) < 4.78 is 5.14. The molecule has 0 aromatic rings. The molecule has 0 N–H and O–H groups in total. The predicted molar refractivity (Wildman–Crippen MR) is 39.2 cm³/mol. The Balaban J connectivity index is 2.53. The smallest absolute Gasteiger partial charge is 0.0556 e. The molecule has 0 saturated heterocycles. The third-order valence-electron chi connectivity index (χ3n) is 0.720. The largest absolute Gasteiger partial charge is 0.381 e. The van der Waals surface area contributed by atoms with Gasteiger partial charge in [0, 0.05) is 12.4 Å². The fourth-order valence-corrected chi connectivity index (χ4v) is 0.631. The molecule has 0 bridgehead atoms. The monoisotopic (exact) mass is 133 g/mol. The van der Waals surface area contributed by atoms with Gasteiger partial charge in [-0.2, -0.15) is 11.8 Å². The zero-order chi connectivity index (χ0) is 6.24. The van der Waals surface area contributed by atoms with E-state index in [1.54, 1.807) is 11.8 Å². The summed E-state index contributed by atoms with van der Waals surface area (Å²) in [5.41, 5.74) is 0. The van der Waals surface area contributed by atoms with E-state index in [2.05, 4.69) is 13.2 Å². The Kier molecular flexibility index (Phi) is 7.59. The van der Waals surface area contributed by atoms with Crippen molar-refractivity contribution in [3.8, 4) is 0 Å². The molecule has 0 aliphatic heterocycles. The molecule has 1 radical (unpaired) electrons. The van der Waals surface area contributed by atoms with Crippen LogP contribution in [0.5, 0.6) is 0 Å². The highest BCUT2D eigenvalue weighted by atomic mass is 32.2. The molecule has 1 nitrogen and oxygen atoms in total. The van der Waals surface area contributed by atoms with Crippen molar-refractivity contribution in [3.63, 3.8) is 0 Å². The molecule has 0 aromatic carbocycles. The molecule has 0 saturated carbocycles. The van der Waals surface area contributed by atoms with Gasteiger partial charge in [-0.15, -0.1) is 0 Å². The Bertz CT molecular complexity index is 33.5. The van der Waals surface area contributed by atoms with Crippen molar-refractivity contribution in [2.75, 3.05) is 25.2 Å². The first-order valence-corrected chi connectivity index (χ1v) is 4.17. The van der Waals surface area contributed by atoms with Crippen LogP contribution in [0.25, 0.3) is 0 Å². The Morgan fingerprint density at radius 3 is 2.75 bits per heavy atom. The lowest BCUT2D eigenvalue weighted by Crippen LogP contribution is -1.96. The van der Waals surface area contributed by atoms with E-state index < -0.39 is 0 Å². The summed E-state index contributed by atoms with van der Waals surface area (Å²) in [6, 6.07) is 0. The summed E-state index contributed by atoms with van der Waals surface area (Å²) in [5, 5.41) is 0. The van der Waals surface area contributed by atoms with Crippen LogP contribution >= 0.6 is 11.8 Å². The number of hydrogen-bond acceptors (Lipinski definition) is 2. The van der Waals surface area contributed by atoms with E-state index in [-0.39, 0.29) is 0 Å². The normalized spacial score (nSPS) is 9.75. The minimum atomic E-state index is 0.806. The van der Waals surface area contributed by atoms with Crippen molar-refractivity contribution in [2.24, 2.45) is 0 Å². The lowest BCUT2D eigenvalue weighted by molar-refractivity contribution is 0.154. The molecular formula is C6H13OS. The van der Waals surface area contributed by atoms with Gasteiger partial charge in [-0.1, -0.05) is 6.92 Å². The summed E-state index contributed by atoms with van der Waals surface area (Å²) in [7, 11) is 0. The second-order valence-corrected chi connectivity index (χ2v) is 2.44. The van der Waals surface area contributed by atoms with Gasteiger partial charge in [-0.3, -0.25) is 0 Å². The van der Waals surface area contributed by atoms with Crippen molar-refractivity contribution >= 4 is 11.8 Å². The number of rotatable bonds is 5. The molecule has 0 amide bonds. The van der Waals surface area contributed by atoms with Gasteiger partial charge in [-0.05, 0) is 12.7 Å². The summed E-state index contributed by atoms with van der Waals surface area (Å²) in [4.78, 5) is 0. The van der Waals surface area contributed by atoms with Gasteiger partial charge < -0.3 is 4.74 Å². The van der Waals surface area contributed by atoms with Crippen LogP contribution in [0.4, 0.5) is 0 Å². The van der Waals surface area contributed by atoms with Crippen LogP contribution in [-0.4, -0.2) is 25.2 Å². The molecule has 0 aliphatic carbocycles. The van der Waals surface area contributed by atoms with E-state index in [4.69, 9.17) is 4.74 Å². The Morgan fingerprint density at radius 2 is 2.25 bits per heavy atom. The molecule has 0 rings (SSSR count). The van der Waals surface area contributed by atoms with Gasteiger partial charge in [0.1, 0.15) is 0 Å². The van der Waals surface area contributed by atoms with E-state index >= 15 is 0 Å². The van der Waals surface area contributed by atoms with Crippen LogP contribution in [0.1, 0.15) is 6.42 Å². The molecule has 2 heteroatoms. The average molecular weight is 133 g/mol. The van der Waals surface area contributed by atoms with E-state index in [9.17, 15) is 0 Å². The maximum Gasteiger partial charge on any atom is 0.0556 e. The fraction of sp³-hybridized carbons (Fsp3) is 0.833. The van der Waals surface area contributed by atoms with Gasteiger partial charge in [0.05, 0.1) is 6.61 Å². The van der Waals surface area contributed by atoms with Gasteiger partial charge in [0.25, 0.3) is 0 Å². The first-order valence-electron chi connectivity index (χ1n) is 2.77. The molecular weight excluding hydrogens is 120 g/mol. The number of ether oxygens (including phenoxy) is 1. The zero-order valence-electron chi connectivity index (χ0n) is 5.35. The molecule has 0 spiro atoms. The van der Waals surface area contributed by atoms with Crippen molar-refractivity contribution in [1.82, 2.24) is 0 Å². The van der Waals surface area contributed by atoms with Crippen LogP contribution in [0, 0.1) is 6.92 Å². The molecule has 0 aliphatic rings. The third-order valence-corrected chi connectivity index (χ3v) is 1.30. The summed E-state index contributed by atoms with van der Waals surface area (Å²) in [6.07, 6.45) is 2.96. The third kappa shape index (κ3) is 6.31. The summed E-state index contributed by atoms with van der Waals surface area (Å²) >= 11 is 1.81. The lowest BCUT2D eigenvalue weighted by Gasteiger charge is -1.97. The van der Waals surface area contributed by atoms with Crippen molar-refractivity contribution in [3.05, 3.63) is 6.92 Å². The molecule has 0 atom stereocenters. The van der Waals surface area contributed by atoms with Crippen LogP contribution in [0.15, 0.2) is 0 Å². The van der Waals surface area contributed by atoms with E-state index in [0.29, 0.717) is 0 Å². The molecule has 0 fully saturated rings. The quantitative estimate of drug-likeness (QED) is 0.527. The van der Waals surface area contributed by atoms with Crippen molar-refractivity contribution in [2.45, 2.75) is 6.42 Å². The van der Waals surface area contributed by atoms with Crippen LogP contribution < -0.4 is 0 Å². The highest BCUT2D eigenvalue weighted by Gasteiger charge is 1.82. The molecule has 49 valence electrons. The Morgan fingerprint density at radius 1 is 1.50 bits per heavy atom. The second kappa shape index (κ2) is 7.31. The van der Waals surface area contributed by atoms with Crippen molar-refractivity contribution in [1.29, 1.82) is 0 Å². The fourth-order valence-electron chi connectivity index (χ4n) is 0.346. The summed E-state index contributed by atoms with van der Waals surface area (Å²) in [5.74, 6) is 1.10. The van der Waals surface area contributed by atoms with Gasteiger partial charge in [-0.25, -0.2) is 0 Å². The molecule has 0 heterocycles.